The molecule has 0 saturated heterocycles. The van der Waals surface area contributed by atoms with E-state index >= 15 is 0 Å². The van der Waals surface area contributed by atoms with E-state index in [1.807, 2.05) is 32.9 Å². The molecule has 3 aromatic rings. The van der Waals surface area contributed by atoms with Crippen LogP contribution in [0.1, 0.15) is 36.0 Å². The Morgan fingerprint density at radius 3 is 2.48 bits per heavy atom. The van der Waals surface area contributed by atoms with Crippen molar-refractivity contribution in [2.45, 2.75) is 26.2 Å². The first-order valence-electron chi connectivity index (χ1n) is 7.89. The first kappa shape index (κ1) is 17.1. The Bertz CT molecular complexity index is 971. The molecule has 2 aromatic carbocycles. The standard InChI is InChI=1S/C19H21N3O2S/c1-19(2,3)10-7-13(21)17(23)14(8-10)22-18(24)16-9-11-12(20)5-4-6-15(11)25-16/h4-9,23H,20-21H2,1-3H3,(H,22,24). The van der Waals surface area contributed by atoms with Crippen LogP contribution in [-0.2, 0) is 5.41 Å². The number of benzene rings is 2. The van der Waals surface area contributed by atoms with Gasteiger partial charge in [-0.15, -0.1) is 11.3 Å². The molecule has 25 heavy (non-hydrogen) atoms. The number of amides is 1. The number of nitrogen functional groups attached to an aromatic ring is 2. The van der Waals surface area contributed by atoms with Gasteiger partial charge in [-0.2, -0.15) is 0 Å². The predicted octanol–water partition coefficient (Wildman–Crippen LogP) is 4.32. The van der Waals surface area contributed by atoms with E-state index in [1.165, 1.54) is 11.3 Å². The Kier molecular flexibility index (Phi) is 4.08. The molecule has 1 amide bonds. The summed E-state index contributed by atoms with van der Waals surface area (Å²) in [6, 6.07) is 10.8. The van der Waals surface area contributed by atoms with Gasteiger partial charge in [-0.25, -0.2) is 0 Å². The van der Waals surface area contributed by atoms with E-state index in [0.717, 1.165) is 15.6 Å². The molecule has 1 aromatic heterocycles. The lowest BCUT2D eigenvalue weighted by atomic mass is 9.86. The molecule has 0 saturated carbocycles. The molecule has 0 atom stereocenters. The molecule has 0 bridgehead atoms. The van der Waals surface area contributed by atoms with Gasteiger partial charge in [0.05, 0.1) is 16.3 Å². The summed E-state index contributed by atoms with van der Waals surface area (Å²) < 4.78 is 0.942. The molecule has 0 fully saturated rings. The first-order chi connectivity index (χ1) is 11.7. The minimum atomic E-state index is -0.304. The number of nitrogens with one attached hydrogen (secondary N) is 1. The van der Waals surface area contributed by atoms with Crippen molar-refractivity contribution in [3.05, 3.63) is 46.8 Å². The van der Waals surface area contributed by atoms with Gasteiger partial charge in [-0.1, -0.05) is 26.8 Å². The van der Waals surface area contributed by atoms with Crippen LogP contribution in [0.2, 0.25) is 0 Å². The SMILES string of the molecule is CC(C)(C)c1cc(N)c(O)c(NC(=O)c2cc3c(N)cccc3s2)c1. The molecule has 1 heterocycles. The fraction of sp³-hybridized carbons (Fsp3) is 0.211. The number of carbonyl (C=O) groups excluding carboxylic acids is 1. The second-order valence-electron chi connectivity index (χ2n) is 7.04. The number of hydrogen-bond acceptors (Lipinski definition) is 5. The largest absolute Gasteiger partial charge is 0.504 e. The molecule has 0 spiro atoms. The average Bonchev–Trinajstić information content (AvgIpc) is 2.96. The second kappa shape index (κ2) is 5.97. The summed E-state index contributed by atoms with van der Waals surface area (Å²) in [5.41, 5.74) is 13.8. The lowest BCUT2D eigenvalue weighted by Crippen LogP contribution is -2.15. The van der Waals surface area contributed by atoms with Crippen molar-refractivity contribution in [1.29, 1.82) is 0 Å². The Balaban J connectivity index is 1.97. The van der Waals surface area contributed by atoms with Gasteiger partial charge in [-0.3, -0.25) is 4.79 Å². The predicted molar refractivity (Wildman–Crippen MR) is 105 cm³/mol. The van der Waals surface area contributed by atoms with Crippen molar-refractivity contribution in [3.63, 3.8) is 0 Å². The monoisotopic (exact) mass is 355 g/mol. The van der Waals surface area contributed by atoms with E-state index < -0.39 is 0 Å². The fourth-order valence-corrected chi connectivity index (χ4v) is 3.56. The van der Waals surface area contributed by atoms with Crippen LogP contribution in [-0.4, -0.2) is 11.0 Å². The van der Waals surface area contributed by atoms with Gasteiger partial charge < -0.3 is 21.9 Å². The molecule has 6 heteroatoms. The minimum absolute atomic E-state index is 0.123. The zero-order chi connectivity index (χ0) is 18.4. The average molecular weight is 355 g/mol. The summed E-state index contributed by atoms with van der Waals surface area (Å²) in [5, 5.41) is 13.8. The molecule has 0 aliphatic heterocycles. The van der Waals surface area contributed by atoms with Crippen molar-refractivity contribution in [2.75, 3.05) is 16.8 Å². The van der Waals surface area contributed by atoms with Crippen molar-refractivity contribution in [2.24, 2.45) is 0 Å². The van der Waals surface area contributed by atoms with Crippen molar-refractivity contribution >= 4 is 44.4 Å². The summed E-state index contributed by atoms with van der Waals surface area (Å²) in [7, 11) is 0. The smallest absolute Gasteiger partial charge is 0.265 e. The number of nitrogens with two attached hydrogens (primary N) is 2. The van der Waals surface area contributed by atoms with Crippen molar-refractivity contribution in [1.82, 2.24) is 0 Å². The summed E-state index contributed by atoms with van der Waals surface area (Å²) >= 11 is 1.35. The molecule has 0 radical (unpaired) electrons. The van der Waals surface area contributed by atoms with Crippen LogP contribution in [0, 0.1) is 0 Å². The molecule has 0 unspecified atom stereocenters. The van der Waals surface area contributed by atoms with Gasteiger partial charge in [-0.05, 0) is 41.3 Å². The van der Waals surface area contributed by atoms with Crippen LogP contribution in [0.3, 0.4) is 0 Å². The summed E-state index contributed by atoms with van der Waals surface area (Å²) in [6.45, 7) is 6.12. The number of aromatic hydroxyl groups is 1. The number of thiophene rings is 1. The maximum Gasteiger partial charge on any atom is 0.265 e. The van der Waals surface area contributed by atoms with Gasteiger partial charge in [0.2, 0.25) is 0 Å². The highest BCUT2D eigenvalue weighted by molar-refractivity contribution is 7.21. The lowest BCUT2D eigenvalue weighted by Gasteiger charge is -2.21. The first-order valence-corrected chi connectivity index (χ1v) is 8.71. The molecule has 0 aliphatic rings. The summed E-state index contributed by atoms with van der Waals surface area (Å²) in [5.74, 6) is -0.427. The molecule has 6 N–H and O–H groups in total. The number of carbonyl (C=O) groups is 1. The van der Waals surface area contributed by atoms with Crippen LogP contribution in [0.4, 0.5) is 17.1 Å². The number of phenols is 1. The van der Waals surface area contributed by atoms with E-state index in [2.05, 4.69) is 5.32 Å². The Morgan fingerprint density at radius 2 is 1.84 bits per heavy atom. The third-order valence-electron chi connectivity index (χ3n) is 4.07. The topological polar surface area (TPSA) is 101 Å². The third-order valence-corrected chi connectivity index (χ3v) is 5.17. The molecular weight excluding hydrogens is 334 g/mol. The van der Waals surface area contributed by atoms with Crippen LogP contribution in [0.5, 0.6) is 5.75 Å². The summed E-state index contributed by atoms with van der Waals surface area (Å²) in [6.07, 6.45) is 0. The summed E-state index contributed by atoms with van der Waals surface area (Å²) in [4.78, 5) is 13.1. The van der Waals surface area contributed by atoms with Crippen LogP contribution in [0.25, 0.3) is 10.1 Å². The lowest BCUT2D eigenvalue weighted by molar-refractivity contribution is 0.103. The van der Waals surface area contributed by atoms with Crippen molar-refractivity contribution in [3.8, 4) is 5.75 Å². The second-order valence-corrected chi connectivity index (χ2v) is 8.12. The van der Waals surface area contributed by atoms with Crippen LogP contribution >= 0.6 is 11.3 Å². The maximum atomic E-state index is 12.6. The molecule has 130 valence electrons. The van der Waals surface area contributed by atoms with E-state index in [0.29, 0.717) is 16.3 Å². The molecule has 0 aliphatic carbocycles. The van der Waals surface area contributed by atoms with Gasteiger partial charge in [0.25, 0.3) is 5.91 Å². The van der Waals surface area contributed by atoms with E-state index in [4.69, 9.17) is 11.5 Å². The minimum Gasteiger partial charge on any atom is -0.504 e. The Hall–Kier alpha value is -2.73. The van der Waals surface area contributed by atoms with Gasteiger partial charge in [0.15, 0.2) is 5.75 Å². The zero-order valence-corrected chi connectivity index (χ0v) is 15.2. The number of rotatable bonds is 2. The van der Waals surface area contributed by atoms with E-state index in [9.17, 15) is 9.90 Å². The normalized spacial score (nSPS) is 11.6. The van der Waals surface area contributed by atoms with E-state index in [1.54, 1.807) is 24.3 Å². The highest BCUT2D eigenvalue weighted by Crippen LogP contribution is 2.37. The van der Waals surface area contributed by atoms with E-state index in [-0.39, 0.29) is 22.8 Å². The Labute approximate surface area is 150 Å². The van der Waals surface area contributed by atoms with Crippen LogP contribution < -0.4 is 16.8 Å². The zero-order valence-electron chi connectivity index (χ0n) is 14.4. The molecule has 5 nitrogen and oxygen atoms in total. The fourth-order valence-electron chi connectivity index (χ4n) is 2.56. The third kappa shape index (κ3) is 3.25. The van der Waals surface area contributed by atoms with Gasteiger partial charge in [0.1, 0.15) is 0 Å². The van der Waals surface area contributed by atoms with Crippen molar-refractivity contribution < 1.29 is 9.90 Å². The van der Waals surface area contributed by atoms with Gasteiger partial charge in [0, 0.05) is 15.8 Å². The number of anilines is 3. The number of phenolic OH excluding ortho intramolecular Hbond substituents is 1. The molecule has 3 rings (SSSR count). The maximum absolute atomic E-state index is 12.6. The van der Waals surface area contributed by atoms with Crippen LogP contribution in [0.15, 0.2) is 36.4 Å². The Morgan fingerprint density at radius 1 is 1.12 bits per heavy atom. The number of hydrogen-bond donors (Lipinski definition) is 4. The highest BCUT2D eigenvalue weighted by Gasteiger charge is 2.20. The highest BCUT2D eigenvalue weighted by atomic mass is 32.1. The quantitative estimate of drug-likeness (QED) is 0.406. The number of fused-ring (bicyclic) bond motifs is 1. The van der Waals surface area contributed by atoms with Gasteiger partial charge >= 0.3 is 0 Å². The molecular formula is C19H21N3O2S.